The second kappa shape index (κ2) is 9.18. The van der Waals surface area contributed by atoms with Crippen LogP contribution in [0.4, 0.5) is 4.39 Å². The van der Waals surface area contributed by atoms with Crippen LogP contribution in [0.1, 0.15) is 18.1 Å². The first-order valence-electron chi connectivity index (χ1n) is 8.35. The smallest absolute Gasteiger partial charge is 0.237 e. The molecule has 0 aromatic heterocycles. The van der Waals surface area contributed by atoms with Crippen LogP contribution >= 0.6 is 0 Å². The largest absolute Gasteiger partial charge is 0.497 e. The Hall–Kier alpha value is -2.40. The lowest BCUT2D eigenvalue weighted by Gasteiger charge is -2.24. The molecule has 0 fully saturated rings. The highest BCUT2D eigenvalue weighted by Crippen LogP contribution is 2.14. The summed E-state index contributed by atoms with van der Waals surface area (Å²) in [5.41, 5.74) is 2.09. The molecule has 134 valence electrons. The number of ether oxygens (including phenoxy) is 1. The van der Waals surface area contributed by atoms with Crippen molar-refractivity contribution < 1.29 is 13.9 Å². The average Bonchev–Trinajstić information content (AvgIpc) is 2.62. The standard InChI is InChI=1S/C20H25FN2O2/c1-15(23(2)14-17-5-4-6-19(13-17)25-3)20(24)22-12-11-16-7-9-18(21)10-8-16/h4-10,13,15H,11-12,14H2,1-3H3,(H,22,24). The summed E-state index contributed by atoms with van der Waals surface area (Å²) in [6, 6.07) is 13.9. The van der Waals surface area contributed by atoms with E-state index in [1.807, 2.05) is 43.1 Å². The molecule has 1 amide bonds. The molecule has 1 unspecified atom stereocenters. The number of rotatable bonds is 8. The molecular weight excluding hydrogens is 319 g/mol. The van der Waals surface area contributed by atoms with E-state index in [4.69, 9.17) is 4.74 Å². The third kappa shape index (κ3) is 5.87. The molecule has 0 saturated carbocycles. The zero-order chi connectivity index (χ0) is 18.2. The van der Waals surface area contributed by atoms with E-state index in [0.717, 1.165) is 16.9 Å². The van der Waals surface area contributed by atoms with Crippen LogP contribution < -0.4 is 10.1 Å². The van der Waals surface area contributed by atoms with Gasteiger partial charge in [-0.05, 0) is 55.8 Å². The SMILES string of the molecule is COc1cccc(CN(C)C(C)C(=O)NCCc2ccc(F)cc2)c1. The van der Waals surface area contributed by atoms with Crippen molar-refractivity contribution in [3.8, 4) is 5.75 Å². The zero-order valence-corrected chi connectivity index (χ0v) is 15.0. The highest BCUT2D eigenvalue weighted by molar-refractivity contribution is 5.81. The molecule has 1 atom stereocenters. The molecule has 0 bridgehead atoms. The van der Waals surface area contributed by atoms with Crippen molar-refractivity contribution in [1.29, 1.82) is 0 Å². The highest BCUT2D eigenvalue weighted by atomic mass is 19.1. The third-order valence-electron chi connectivity index (χ3n) is 4.23. The number of halogens is 1. The predicted molar refractivity (Wildman–Crippen MR) is 97.0 cm³/mol. The van der Waals surface area contributed by atoms with Crippen molar-refractivity contribution in [2.45, 2.75) is 25.9 Å². The number of methoxy groups -OCH3 is 1. The number of nitrogens with zero attached hydrogens (tertiary/aromatic N) is 1. The van der Waals surface area contributed by atoms with Gasteiger partial charge in [-0.15, -0.1) is 0 Å². The van der Waals surface area contributed by atoms with E-state index in [9.17, 15) is 9.18 Å². The summed E-state index contributed by atoms with van der Waals surface area (Å²) in [6.45, 7) is 3.07. The Morgan fingerprint density at radius 2 is 1.92 bits per heavy atom. The topological polar surface area (TPSA) is 41.6 Å². The maximum atomic E-state index is 12.9. The van der Waals surface area contributed by atoms with Crippen LogP contribution in [-0.2, 0) is 17.8 Å². The number of amides is 1. The van der Waals surface area contributed by atoms with E-state index in [1.54, 1.807) is 19.2 Å². The molecule has 2 rings (SSSR count). The highest BCUT2D eigenvalue weighted by Gasteiger charge is 2.17. The van der Waals surface area contributed by atoms with Gasteiger partial charge in [0, 0.05) is 13.1 Å². The van der Waals surface area contributed by atoms with Gasteiger partial charge >= 0.3 is 0 Å². The van der Waals surface area contributed by atoms with Crippen molar-refractivity contribution in [2.24, 2.45) is 0 Å². The van der Waals surface area contributed by atoms with Crippen LogP contribution in [-0.4, -0.2) is 37.6 Å². The Kier molecular flexibility index (Phi) is 6.95. The summed E-state index contributed by atoms with van der Waals surface area (Å²) < 4.78 is 18.1. The molecule has 0 saturated heterocycles. The quantitative estimate of drug-likeness (QED) is 0.800. The minimum atomic E-state index is -0.251. The molecule has 4 nitrogen and oxygen atoms in total. The summed E-state index contributed by atoms with van der Waals surface area (Å²) in [7, 11) is 3.56. The summed E-state index contributed by atoms with van der Waals surface area (Å²) in [5.74, 6) is 0.537. The molecule has 0 aliphatic rings. The van der Waals surface area contributed by atoms with Crippen LogP contribution in [0.3, 0.4) is 0 Å². The fourth-order valence-corrected chi connectivity index (χ4v) is 2.52. The second-order valence-electron chi connectivity index (χ2n) is 6.11. The van der Waals surface area contributed by atoms with E-state index >= 15 is 0 Å². The van der Waals surface area contributed by atoms with Crippen molar-refractivity contribution in [1.82, 2.24) is 10.2 Å². The van der Waals surface area contributed by atoms with Crippen molar-refractivity contribution >= 4 is 5.91 Å². The minimum Gasteiger partial charge on any atom is -0.497 e. The Morgan fingerprint density at radius 1 is 1.20 bits per heavy atom. The fraction of sp³-hybridized carbons (Fsp3) is 0.350. The van der Waals surface area contributed by atoms with Crippen LogP contribution in [0.25, 0.3) is 0 Å². The van der Waals surface area contributed by atoms with Crippen molar-refractivity contribution in [2.75, 3.05) is 20.7 Å². The number of carbonyl (C=O) groups excluding carboxylic acids is 1. The summed E-state index contributed by atoms with van der Waals surface area (Å²) in [5, 5.41) is 2.94. The number of hydrogen-bond donors (Lipinski definition) is 1. The van der Waals surface area contributed by atoms with Crippen LogP contribution in [0.2, 0.25) is 0 Å². The summed E-state index contributed by atoms with van der Waals surface area (Å²) >= 11 is 0. The summed E-state index contributed by atoms with van der Waals surface area (Å²) in [6.07, 6.45) is 0.679. The first kappa shape index (κ1) is 18.9. The number of nitrogens with one attached hydrogen (secondary N) is 1. The molecule has 0 aliphatic heterocycles. The Bertz CT molecular complexity index is 688. The molecule has 0 radical (unpaired) electrons. The lowest BCUT2D eigenvalue weighted by atomic mass is 10.1. The van der Waals surface area contributed by atoms with E-state index in [1.165, 1.54) is 12.1 Å². The van der Waals surface area contributed by atoms with Gasteiger partial charge in [-0.2, -0.15) is 0 Å². The third-order valence-corrected chi connectivity index (χ3v) is 4.23. The first-order chi connectivity index (χ1) is 12.0. The van der Waals surface area contributed by atoms with Gasteiger partial charge in [-0.3, -0.25) is 9.69 Å². The average molecular weight is 344 g/mol. The summed E-state index contributed by atoms with van der Waals surface area (Å²) in [4.78, 5) is 14.3. The van der Waals surface area contributed by atoms with Gasteiger partial charge in [-0.1, -0.05) is 24.3 Å². The molecule has 25 heavy (non-hydrogen) atoms. The fourth-order valence-electron chi connectivity index (χ4n) is 2.52. The lowest BCUT2D eigenvalue weighted by molar-refractivity contribution is -0.125. The van der Waals surface area contributed by atoms with Gasteiger partial charge in [0.05, 0.1) is 13.2 Å². The van der Waals surface area contributed by atoms with Gasteiger partial charge in [0.15, 0.2) is 0 Å². The maximum Gasteiger partial charge on any atom is 0.237 e. The van der Waals surface area contributed by atoms with E-state index in [2.05, 4.69) is 5.32 Å². The Labute approximate surface area is 148 Å². The van der Waals surface area contributed by atoms with Gasteiger partial charge in [0.1, 0.15) is 11.6 Å². The van der Waals surface area contributed by atoms with Gasteiger partial charge in [0.25, 0.3) is 0 Å². The molecular formula is C20H25FN2O2. The van der Waals surface area contributed by atoms with Crippen molar-refractivity contribution in [3.05, 3.63) is 65.5 Å². The molecule has 2 aromatic carbocycles. The number of benzene rings is 2. The number of likely N-dealkylation sites (N-methyl/N-ethyl adjacent to an activating group) is 1. The maximum absolute atomic E-state index is 12.9. The monoisotopic (exact) mass is 344 g/mol. The van der Waals surface area contributed by atoms with Crippen LogP contribution in [0.5, 0.6) is 5.75 Å². The van der Waals surface area contributed by atoms with Gasteiger partial charge in [-0.25, -0.2) is 4.39 Å². The van der Waals surface area contributed by atoms with Crippen LogP contribution in [0.15, 0.2) is 48.5 Å². The van der Waals surface area contributed by atoms with Gasteiger partial charge in [0.2, 0.25) is 5.91 Å². The van der Waals surface area contributed by atoms with E-state index in [0.29, 0.717) is 19.5 Å². The predicted octanol–water partition coefficient (Wildman–Crippen LogP) is 3.01. The molecule has 2 aromatic rings. The van der Waals surface area contributed by atoms with Crippen molar-refractivity contribution in [3.63, 3.8) is 0 Å². The molecule has 0 aliphatic carbocycles. The Balaban J connectivity index is 1.80. The molecule has 0 heterocycles. The van der Waals surface area contributed by atoms with Gasteiger partial charge < -0.3 is 10.1 Å². The molecule has 1 N–H and O–H groups in total. The first-order valence-corrected chi connectivity index (χ1v) is 8.35. The molecule has 0 spiro atoms. The zero-order valence-electron chi connectivity index (χ0n) is 15.0. The molecule has 5 heteroatoms. The normalized spacial score (nSPS) is 12.0. The van der Waals surface area contributed by atoms with E-state index < -0.39 is 0 Å². The number of hydrogen-bond acceptors (Lipinski definition) is 3. The second-order valence-corrected chi connectivity index (χ2v) is 6.11. The number of carbonyl (C=O) groups is 1. The van der Waals surface area contributed by atoms with Crippen LogP contribution in [0, 0.1) is 5.82 Å². The lowest BCUT2D eigenvalue weighted by Crippen LogP contribution is -2.43. The Morgan fingerprint density at radius 3 is 2.60 bits per heavy atom. The van der Waals surface area contributed by atoms with E-state index in [-0.39, 0.29) is 17.8 Å². The minimum absolute atomic E-state index is 0.0208.